The summed E-state index contributed by atoms with van der Waals surface area (Å²) >= 11 is 6.52. The summed E-state index contributed by atoms with van der Waals surface area (Å²) in [4.78, 5) is 36.8. The van der Waals surface area contributed by atoms with Crippen molar-refractivity contribution >= 4 is 58.0 Å². The van der Waals surface area contributed by atoms with Crippen LogP contribution in [0.5, 0.6) is 5.75 Å². The van der Waals surface area contributed by atoms with Crippen molar-refractivity contribution in [3.63, 3.8) is 0 Å². The Kier molecular flexibility index (Phi) is 7.74. The second kappa shape index (κ2) is 10.7. The van der Waals surface area contributed by atoms with E-state index in [1.165, 1.54) is 34.9 Å². The van der Waals surface area contributed by atoms with Gasteiger partial charge in [0.1, 0.15) is 10.1 Å². The SMILES string of the molecule is COc1cccc(/C=C2/SC(=S)N(CCNC(=O)/C=C/c3ccc([N+](=O)[O-])cc3)C2=O)c1. The number of carbonyl (C=O) groups is 2. The van der Waals surface area contributed by atoms with Crippen LogP contribution in [0.3, 0.4) is 0 Å². The average Bonchev–Trinajstić information content (AvgIpc) is 3.05. The number of thiocarbonyl (C=S) groups is 1. The molecule has 10 heteroatoms. The molecule has 1 N–H and O–H groups in total. The highest BCUT2D eigenvalue weighted by Gasteiger charge is 2.31. The van der Waals surface area contributed by atoms with Crippen LogP contribution in [-0.4, -0.2) is 46.2 Å². The number of methoxy groups -OCH3 is 1. The Labute approximate surface area is 194 Å². The van der Waals surface area contributed by atoms with Gasteiger partial charge >= 0.3 is 0 Å². The van der Waals surface area contributed by atoms with E-state index in [1.807, 2.05) is 24.3 Å². The zero-order valence-electron chi connectivity index (χ0n) is 17.0. The van der Waals surface area contributed by atoms with Crippen molar-refractivity contribution < 1.29 is 19.2 Å². The minimum absolute atomic E-state index is 0.0180. The molecule has 1 fully saturated rings. The van der Waals surface area contributed by atoms with Gasteiger partial charge in [-0.1, -0.05) is 36.1 Å². The fraction of sp³-hybridized carbons (Fsp3) is 0.136. The number of hydrogen-bond donors (Lipinski definition) is 1. The highest BCUT2D eigenvalue weighted by molar-refractivity contribution is 8.26. The lowest BCUT2D eigenvalue weighted by atomic mass is 10.2. The molecule has 2 aromatic carbocycles. The van der Waals surface area contributed by atoms with Crippen molar-refractivity contribution in [3.05, 3.63) is 80.8 Å². The van der Waals surface area contributed by atoms with E-state index >= 15 is 0 Å². The number of hydrogen-bond acceptors (Lipinski definition) is 7. The predicted molar refractivity (Wildman–Crippen MR) is 128 cm³/mol. The molecule has 0 radical (unpaired) electrons. The summed E-state index contributed by atoms with van der Waals surface area (Å²) < 4.78 is 5.63. The van der Waals surface area contributed by atoms with Gasteiger partial charge in [0.25, 0.3) is 11.6 Å². The van der Waals surface area contributed by atoms with Crippen LogP contribution in [0.15, 0.2) is 59.5 Å². The number of ether oxygens (including phenoxy) is 1. The molecule has 8 nitrogen and oxygen atoms in total. The molecule has 0 spiro atoms. The molecule has 2 aromatic rings. The van der Waals surface area contributed by atoms with Crippen LogP contribution in [0.4, 0.5) is 5.69 Å². The third kappa shape index (κ3) is 6.02. The Bertz CT molecular complexity index is 1110. The average molecular weight is 470 g/mol. The van der Waals surface area contributed by atoms with Gasteiger partial charge in [0.05, 0.1) is 16.9 Å². The van der Waals surface area contributed by atoms with Crippen LogP contribution >= 0.6 is 24.0 Å². The van der Waals surface area contributed by atoms with Crippen LogP contribution in [0.2, 0.25) is 0 Å². The molecule has 1 aliphatic heterocycles. The summed E-state index contributed by atoms with van der Waals surface area (Å²) in [5.74, 6) is 0.137. The Morgan fingerprint density at radius 2 is 2.00 bits per heavy atom. The van der Waals surface area contributed by atoms with E-state index in [4.69, 9.17) is 17.0 Å². The minimum atomic E-state index is -0.486. The van der Waals surface area contributed by atoms with Crippen LogP contribution in [0, 0.1) is 10.1 Å². The number of amides is 2. The largest absolute Gasteiger partial charge is 0.497 e. The Morgan fingerprint density at radius 1 is 1.25 bits per heavy atom. The van der Waals surface area contributed by atoms with E-state index in [2.05, 4.69) is 5.32 Å². The lowest BCUT2D eigenvalue weighted by molar-refractivity contribution is -0.384. The lowest BCUT2D eigenvalue weighted by Crippen LogP contribution is -2.36. The fourth-order valence-corrected chi connectivity index (χ4v) is 4.11. The van der Waals surface area contributed by atoms with Gasteiger partial charge in [-0.05, 0) is 47.5 Å². The van der Waals surface area contributed by atoms with Gasteiger partial charge in [-0.3, -0.25) is 24.6 Å². The second-order valence-electron chi connectivity index (χ2n) is 6.58. The number of benzene rings is 2. The Hall–Kier alpha value is -3.50. The molecule has 3 rings (SSSR count). The topological polar surface area (TPSA) is 102 Å². The van der Waals surface area contributed by atoms with Gasteiger partial charge in [0.2, 0.25) is 5.91 Å². The van der Waals surface area contributed by atoms with E-state index in [-0.39, 0.29) is 30.6 Å². The van der Waals surface area contributed by atoms with Crippen molar-refractivity contribution in [1.82, 2.24) is 10.2 Å². The van der Waals surface area contributed by atoms with Gasteiger partial charge in [0, 0.05) is 31.3 Å². The number of rotatable bonds is 8. The molecule has 1 saturated heterocycles. The first-order chi connectivity index (χ1) is 15.4. The molecule has 0 bridgehead atoms. The first-order valence-electron chi connectivity index (χ1n) is 9.47. The van der Waals surface area contributed by atoms with Crippen molar-refractivity contribution in [2.45, 2.75) is 0 Å². The maximum atomic E-state index is 12.7. The summed E-state index contributed by atoms with van der Waals surface area (Å²) in [6.07, 6.45) is 4.64. The molecule has 0 saturated carbocycles. The summed E-state index contributed by atoms with van der Waals surface area (Å²) in [5.41, 5.74) is 1.47. The highest BCUT2D eigenvalue weighted by atomic mass is 32.2. The molecule has 164 valence electrons. The van der Waals surface area contributed by atoms with Gasteiger partial charge in [-0.2, -0.15) is 0 Å². The van der Waals surface area contributed by atoms with Gasteiger partial charge in [-0.25, -0.2) is 0 Å². The Morgan fingerprint density at radius 3 is 2.69 bits per heavy atom. The van der Waals surface area contributed by atoms with Crippen LogP contribution in [0.25, 0.3) is 12.2 Å². The number of carbonyl (C=O) groups excluding carboxylic acids is 2. The number of nitrogens with one attached hydrogen (secondary N) is 1. The van der Waals surface area contributed by atoms with Gasteiger partial charge < -0.3 is 10.1 Å². The summed E-state index contributed by atoms with van der Waals surface area (Å²) in [6.45, 7) is 0.472. The fourth-order valence-electron chi connectivity index (χ4n) is 2.80. The normalized spacial score (nSPS) is 14.9. The number of non-ortho nitro benzene ring substituents is 1. The summed E-state index contributed by atoms with van der Waals surface area (Å²) in [5, 5.41) is 13.4. The predicted octanol–water partition coefficient (Wildman–Crippen LogP) is 3.63. The molecule has 1 heterocycles. The van der Waals surface area contributed by atoms with Crippen LogP contribution in [-0.2, 0) is 9.59 Å². The second-order valence-corrected chi connectivity index (χ2v) is 8.26. The smallest absolute Gasteiger partial charge is 0.269 e. The molecule has 0 aromatic heterocycles. The van der Waals surface area contributed by atoms with Gasteiger partial charge in [-0.15, -0.1) is 0 Å². The van der Waals surface area contributed by atoms with Crippen molar-refractivity contribution in [1.29, 1.82) is 0 Å². The van der Waals surface area contributed by atoms with E-state index in [9.17, 15) is 19.7 Å². The molecular weight excluding hydrogens is 450 g/mol. The number of nitrogens with zero attached hydrogens (tertiary/aromatic N) is 2. The third-order valence-corrected chi connectivity index (χ3v) is 5.81. The molecular formula is C22H19N3O5S2. The lowest BCUT2D eigenvalue weighted by Gasteiger charge is -2.14. The zero-order valence-corrected chi connectivity index (χ0v) is 18.7. The third-order valence-electron chi connectivity index (χ3n) is 4.43. The first-order valence-corrected chi connectivity index (χ1v) is 10.7. The highest BCUT2D eigenvalue weighted by Crippen LogP contribution is 2.32. The molecule has 0 atom stereocenters. The minimum Gasteiger partial charge on any atom is -0.497 e. The molecule has 0 unspecified atom stereocenters. The van der Waals surface area contributed by atoms with Crippen LogP contribution < -0.4 is 10.1 Å². The molecule has 2 amide bonds. The zero-order chi connectivity index (χ0) is 23.1. The number of thioether (sulfide) groups is 1. The van der Waals surface area contributed by atoms with Crippen molar-refractivity contribution in [2.75, 3.05) is 20.2 Å². The van der Waals surface area contributed by atoms with E-state index in [0.29, 0.717) is 20.5 Å². The maximum absolute atomic E-state index is 12.7. The number of nitro groups is 1. The van der Waals surface area contributed by atoms with E-state index in [1.54, 1.807) is 31.4 Å². The summed E-state index contributed by atoms with van der Waals surface area (Å²) in [7, 11) is 1.58. The Balaban J connectivity index is 1.52. The molecule has 32 heavy (non-hydrogen) atoms. The standard InChI is InChI=1S/C22H19N3O5S2/c1-30-18-4-2-3-16(13-18)14-19-21(27)24(22(31)32-19)12-11-23-20(26)10-7-15-5-8-17(9-6-15)25(28)29/h2-10,13-14H,11-12H2,1H3,(H,23,26)/b10-7+,19-14+. The quantitative estimate of drug-likeness (QED) is 0.273. The maximum Gasteiger partial charge on any atom is 0.269 e. The molecule has 0 aliphatic carbocycles. The van der Waals surface area contributed by atoms with Crippen LogP contribution in [0.1, 0.15) is 11.1 Å². The summed E-state index contributed by atoms with van der Waals surface area (Å²) in [6, 6.07) is 13.2. The van der Waals surface area contributed by atoms with E-state index in [0.717, 1.165) is 5.56 Å². The van der Waals surface area contributed by atoms with E-state index < -0.39 is 4.92 Å². The number of nitro benzene ring substituents is 1. The van der Waals surface area contributed by atoms with Gasteiger partial charge in [0.15, 0.2) is 0 Å². The van der Waals surface area contributed by atoms with Crippen molar-refractivity contribution in [3.8, 4) is 5.75 Å². The molecule has 1 aliphatic rings. The van der Waals surface area contributed by atoms with Crippen molar-refractivity contribution in [2.24, 2.45) is 0 Å². The first kappa shape index (κ1) is 23.2. The monoisotopic (exact) mass is 469 g/mol.